The Balaban J connectivity index is 2.03. The SMILES string of the molecule is COC(=O)[C@@H]1C[C@H](O)CN1S(=O)(=O)c1ccc2ccccc2c1. The molecule has 122 valence electrons. The number of aliphatic hydroxyl groups is 1. The minimum Gasteiger partial charge on any atom is -0.468 e. The molecule has 0 aromatic heterocycles. The largest absolute Gasteiger partial charge is 0.468 e. The van der Waals surface area contributed by atoms with E-state index in [9.17, 15) is 18.3 Å². The Hall–Kier alpha value is -1.96. The van der Waals surface area contributed by atoms with Crippen molar-refractivity contribution < 1.29 is 23.1 Å². The molecule has 2 aromatic carbocycles. The summed E-state index contributed by atoms with van der Waals surface area (Å²) in [4.78, 5) is 11.9. The fraction of sp³-hybridized carbons (Fsp3) is 0.312. The number of fused-ring (bicyclic) bond motifs is 1. The van der Waals surface area contributed by atoms with Crippen LogP contribution in [-0.4, -0.2) is 49.6 Å². The van der Waals surface area contributed by atoms with Crippen LogP contribution in [0.3, 0.4) is 0 Å². The van der Waals surface area contributed by atoms with Crippen molar-refractivity contribution >= 4 is 26.8 Å². The number of aliphatic hydroxyl groups excluding tert-OH is 1. The molecule has 0 aliphatic carbocycles. The van der Waals surface area contributed by atoms with Crippen molar-refractivity contribution in [1.29, 1.82) is 0 Å². The molecular formula is C16H17NO5S. The van der Waals surface area contributed by atoms with Crippen LogP contribution >= 0.6 is 0 Å². The predicted octanol–water partition coefficient (Wildman–Crippen LogP) is 1.14. The van der Waals surface area contributed by atoms with E-state index in [1.54, 1.807) is 12.1 Å². The highest BCUT2D eigenvalue weighted by Gasteiger charge is 2.44. The predicted molar refractivity (Wildman–Crippen MR) is 84.3 cm³/mol. The number of carbonyl (C=O) groups excluding carboxylic acids is 1. The molecule has 3 rings (SSSR count). The van der Waals surface area contributed by atoms with Crippen LogP contribution in [-0.2, 0) is 19.6 Å². The topological polar surface area (TPSA) is 83.9 Å². The van der Waals surface area contributed by atoms with Gasteiger partial charge >= 0.3 is 5.97 Å². The van der Waals surface area contributed by atoms with Gasteiger partial charge in [-0.25, -0.2) is 8.42 Å². The average Bonchev–Trinajstić information content (AvgIpc) is 2.96. The van der Waals surface area contributed by atoms with Crippen molar-refractivity contribution in [2.45, 2.75) is 23.5 Å². The van der Waals surface area contributed by atoms with Crippen LogP contribution in [0.5, 0.6) is 0 Å². The van der Waals surface area contributed by atoms with Gasteiger partial charge in [-0.1, -0.05) is 30.3 Å². The lowest BCUT2D eigenvalue weighted by molar-refractivity contribution is -0.144. The van der Waals surface area contributed by atoms with E-state index >= 15 is 0 Å². The van der Waals surface area contributed by atoms with Crippen LogP contribution < -0.4 is 0 Å². The van der Waals surface area contributed by atoms with Gasteiger partial charge in [0.05, 0.1) is 18.1 Å². The van der Waals surface area contributed by atoms with Gasteiger partial charge in [0, 0.05) is 13.0 Å². The number of nitrogens with zero attached hydrogens (tertiary/aromatic N) is 1. The van der Waals surface area contributed by atoms with E-state index in [1.807, 2.05) is 24.3 Å². The lowest BCUT2D eigenvalue weighted by atomic mass is 10.1. The second kappa shape index (κ2) is 5.92. The number of hydrogen-bond donors (Lipinski definition) is 1. The van der Waals surface area contributed by atoms with E-state index in [0.717, 1.165) is 15.1 Å². The summed E-state index contributed by atoms with van der Waals surface area (Å²) in [5, 5.41) is 11.5. The summed E-state index contributed by atoms with van der Waals surface area (Å²) in [7, 11) is -2.69. The molecule has 1 saturated heterocycles. The highest BCUT2D eigenvalue weighted by Crippen LogP contribution is 2.28. The van der Waals surface area contributed by atoms with E-state index in [-0.39, 0.29) is 17.9 Å². The summed E-state index contributed by atoms with van der Waals surface area (Å²) in [6.07, 6.45) is -0.839. The number of rotatable bonds is 3. The van der Waals surface area contributed by atoms with Crippen LogP contribution in [0.25, 0.3) is 10.8 Å². The zero-order chi connectivity index (χ0) is 16.6. The number of β-amino-alcohol motifs (C(OH)–C–C–N with tert-alkyl or cyclic N) is 1. The molecule has 0 unspecified atom stereocenters. The van der Waals surface area contributed by atoms with E-state index < -0.39 is 28.1 Å². The molecule has 0 radical (unpaired) electrons. The van der Waals surface area contributed by atoms with Gasteiger partial charge in [0.2, 0.25) is 10.0 Å². The zero-order valence-corrected chi connectivity index (χ0v) is 13.4. The number of hydrogen-bond acceptors (Lipinski definition) is 5. The summed E-state index contributed by atoms with van der Waals surface area (Å²) < 4.78 is 31.4. The van der Waals surface area contributed by atoms with Crippen LogP contribution in [0.1, 0.15) is 6.42 Å². The van der Waals surface area contributed by atoms with Crippen LogP contribution in [0.4, 0.5) is 0 Å². The molecule has 1 aliphatic heterocycles. The van der Waals surface area contributed by atoms with Crippen molar-refractivity contribution in [3.63, 3.8) is 0 Å². The number of methoxy groups -OCH3 is 1. The quantitative estimate of drug-likeness (QED) is 0.850. The zero-order valence-electron chi connectivity index (χ0n) is 12.5. The van der Waals surface area contributed by atoms with Gasteiger partial charge < -0.3 is 9.84 Å². The molecule has 1 fully saturated rings. The molecule has 2 aromatic rings. The van der Waals surface area contributed by atoms with Crippen molar-refractivity contribution in [3.05, 3.63) is 42.5 Å². The Labute approximate surface area is 134 Å². The lowest BCUT2D eigenvalue weighted by Crippen LogP contribution is -2.41. The number of carbonyl (C=O) groups is 1. The van der Waals surface area contributed by atoms with Crippen LogP contribution in [0.15, 0.2) is 47.4 Å². The summed E-state index contributed by atoms with van der Waals surface area (Å²) in [6, 6.07) is 11.2. The Kier molecular flexibility index (Phi) is 4.09. The summed E-state index contributed by atoms with van der Waals surface area (Å²) in [5.74, 6) is -0.661. The molecule has 1 N–H and O–H groups in total. The van der Waals surface area contributed by atoms with Gasteiger partial charge in [-0.3, -0.25) is 4.79 Å². The van der Waals surface area contributed by atoms with Gasteiger partial charge in [0.1, 0.15) is 6.04 Å². The number of esters is 1. The second-order valence-corrected chi connectivity index (χ2v) is 7.40. The first-order valence-corrected chi connectivity index (χ1v) is 8.64. The molecule has 2 atom stereocenters. The van der Waals surface area contributed by atoms with Crippen LogP contribution in [0.2, 0.25) is 0 Å². The maximum absolute atomic E-state index is 12.9. The van der Waals surface area contributed by atoms with Gasteiger partial charge in [-0.05, 0) is 22.9 Å². The van der Waals surface area contributed by atoms with E-state index in [0.29, 0.717) is 0 Å². The second-order valence-electron chi connectivity index (χ2n) is 5.51. The molecule has 6 nitrogen and oxygen atoms in total. The van der Waals surface area contributed by atoms with E-state index in [4.69, 9.17) is 0 Å². The van der Waals surface area contributed by atoms with Crippen molar-refractivity contribution in [2.75, 3.05) is 13.7 Å². The van der Waals surface area contributed by atoms with Crippen molar-refractivity contribution in [3.8, 4) is 0 Å². The standard InChI is InChI=1S/C16H17NO5S/c1-22-16(19)15-9-13(18)10-17(15)23(20,21)14-7-6-11-4-2-3-5-12(11)8-14/h2-8,13,15,18H,9-10H2,1H3/t13-,15-/m0/s1. The smallest absolute Gasteiger partial charge is 0.324 e. The van der Waals surface area contributed by atoms with E-state index in [2.05, 4.69) is 4.74 Å². The van der Waals surface area contributed by atoms with E-state index in [1.165, 1.54) is 13.2 Å². The molecule has 1 aliphatic rings. The monoisotopic (exact) mass is 335 g/mol. The molecule has 7 heteroatoms. The Bertz CT molecular complexity index is 848. The molecule has 0 saturated carbocycles. The normalized spacial score (nSPS) is 22.3. The first-order valence-electron chi connectivity index (χ1n) is 7.20. The fourth-order valence-corrected chi connectivity index (χ4v) is 4.53. The van der Waals surface area contributed by atoms with Crippen LogP contribution in [0, 0.1) is 0 Å². The van der Waals surface area contributed by atoms with Crippen molar-refractivity contribution in [2.24, 2.45) is 0 Å². The highest BCUT2D eigenvalue weighted by atomic mass is 32.2. The molecular weight excluding hydrogens is 318 g/mol. The fourth-order valence-electron chi connectivity index (χ4n) is 2.86. The first-order chi connectivity index (χ1) is 10.9. The van der Waals surface area contributed by atoms with Gasteiger partial charge in [0.15, 0.2) is 0 Å². The minimum atomic E-state index is -3.89. The Morgan fingerprint density at radius 3 is 2.61 bits per heavy atom. The van der Waals surface area contributed by atoms with Gasteiger partial charge in [-0.15, -0.1) is 0 Å². The molecule has 23 heavy (non-hydrogen) atoms. The summed E-state index contributed by atoms with van der Waals surface area (Å²) in [6.45, 7) is -0.116. The molecule has 0 amide bonds. The third kappa shape index (κ3) is 2.83. The summed E-state index contributed by atoms with van der Waals surface area (Å²) >= 11 is 0. The van der Waals surface area contributed by atoms with Gasteiger partial charge in [0.25, 0.3) is 0 Å². The average molecular weight is 335 g/mol. The minimum absolute atomic E-state index is 0.0412. The maximum Gasteiger partial charge on any atom is 0.324 e. The Morgan fingerprint density at radius 1 is 1.22 bits per heavy atom. The number of ether oxygens (including phenoxy) is 1. The molecule has 0 spiro atoms. The highest BCUT2D eigenvalue weighted by molar-refractivity contribution is 7.89. The Morgan fingerprint density at radius 2 is 1.91 bits per heavy atom. The van der Waals surface area contributed by atoms with Crippen molar-refractivity contribution in [1.82, 2.24) is 4.31 Å². The first kappa shape index (κ1) is 15.9. The van der Waals surface area contributed by atoms with Gasteiger partial charge in [-0.2, -0.15) is 4.31 Å². The third-order valence-electron chi connectivity index (χ3n) is 4.03. The number of sulfonamides is 1. The lowest BCUT2D eigenvalue weighted by Gasteiger charge is -2.22. The maximum atomic E-state index is 12.9. The molecule has 1 heterocycles. The number of benzene rings is 2. The summed E-state index contributed by atoms with van der Waals surface area (Å²) in [5.41, 5.74) is 0. The molecule has 0 bridgehead atoms. The third-order valence-corrected chi connectivity index (χ3v) is 5.91.